The van der Waals surface area contributed by atoms with Crippen LogP contribution in [-0.2, 0) is 9.59 Å². The normalized spacial score (nSPS) is 18.1. The summed E-state index contributed by atoms with van der Waals surface area (Å²) in [4.78, 5) is 25.6. The molecule has 1 rings (SSSR count). The van der Waals surface area contributed by atoms with E-state index in [1.807, 2.05) is 0 Å². The number of likely N-dealkylation sites (N-methyl/N-ethyl adjacent to an activating group) is 1. The van der Waals surface area contributed by atoms with E-state index in [4.69, 9.17) is 5.11 Å². The molecule has 1 atom stereocenters. The number of rotatable bonds is 5. The molecule has 1 aliphatic rings. The average Bonchev–Trinajstić information content (AvgIpc) is 2.18. The number of likely N-dealkylation sites (tertiary alicyclic amines) is 1. The molecule has 1 heterocycles. The topological polar surface area (TPSA) is 60.9 Å². The smallest absolute Gasteiger partial charge is 0.326 e. The minimum absolute atomic E-state index is 0.268. The summed E-state index contributed by atoms with van der Waals surface area (Å²) >= 11 is 0. The van der Waals surface area contributed by atoms with Gasteiger partial charge in [-0.3, -0.25) is 9.69 Å². The predicted octanol–water partition coefficient (Wildman–Crippen LogP) is 0.180. The lowest BCUT2D eigenvalue weighted by Gasteiger charge is -2.29. The number of carbonyl (C=O) groups is 2. The van der Waals surface area contributed by atoms with Gasteiger partial charge in [0.1, 0.15) is 6.04 Å². The predicted molar refractivity (Wildman–Crippen MR) is 60.1 cm³/mol. The number of hydrogen-bond acceptors (Lipinski definition) is 3. The Morgan fingerprint density at radius 1 is 1.50 bits per heavy atom. The van der Waals surface area contributed by atoms with Crippen molar-refractivity contribution in [3.63, 3.8) is 0 Å². The summed E-state index contributed by atoms with van der Waals surface area (Å²) < 4.78 is 0. The van der Waals surface area contributed by atoms with Crippen LogP contribution in [0.25, 0.3) is 0 Å². The highest BCUT2D eigenvalue weighted by Crippen LogP contribution is 2.04. The molecule has 5 heteroatoms. The summed E-state index contributed by atoms with van der Waals surface area (Å²) in [5.74, 6) is -1.26. The van der Waals surface area contributed by atoms with Crippen LogP contribution in [-0.4, -0.2) is 59.5 Å². The highest BCUT2D eigenvalue weighted by atomic mass is 16.4. The standard InChI is InChI=1S/C11H18N2O3/c1-9(11(15)16)12(2)10(14)5-3-6-13-7-4-8-13/h3,5,9H,4,6-8H2,1-2H3,(H,15,16)/b5-3+/t9-/m0/s1. The first kappa shape index (κ1) is 12.7. The van der Waals surface area contributed by atoms with Crippen molar-refractivity contribution in [1.29, 1.82) is 0 Å². The number of nitrogens with zero attached hydrogens (tertiary/aromatic N) is 2. The van der Waals surface area contributed by atoms with E-state index in [0.29, 0.717) is 0 Å². The molecule has 1 fully saturated rings. The van der Waals surface area contributed by atoms with Gasteiger partial charge in [0, 0.05) is 19.7 Å². The van der Waals surface area contributed by atoms with Crippen LogP contribution < -0.4 is 0 Å². The van der Waals surface area contributed by atoms with Gasteiger partial charge >= 0.3 is 5.97 Å². The van der Waals surface area contributed by atoms with Crippen molar-refractivity contribution in [2.75, 3.05) is 26.7 Å². The number of carbonyl (C=O) groups excluding carboxylic acids is 1. The van der Waals surface area contributed by atoms with Crippen LogP contribution in [0.15, 0.2) is 12.2 Å². The maximum atomic E-state index is 11.5. The SMILES string of the molecule is C[C@@H](C(=O)O)N(C)C(=O)/C=C/CN1CCC1. The zero-order valence-electron chi connectivity index (χ0n) is 9.72. The van der Waals surface area contributed by atoms with Gasteiger partial charge in [-0.05, 0) is 26.4 Å². The van der Waals surface area contributed by atoms with Crippen LogP contribution in [0.3, 0.4) is 0 Å². The van der Waals surface area contributed by atoms with Crippen molar-refractivity contribution < 1.29 is 14.7 Å². The summed E-state index contributed by atoms with van der Waals surface area (Å²) in [5.41, 5.74) is 0. The van der Waals surface area contributed by atoms with E-state index in [1.165, 1.54) is 31.4 Å². The van der Waals surface area contributed by atoms with Crippen molar-refractivity contribution in [2.45, 2.75) is 19.4 Å². The van der Waals surface area contributed by atoms with Gasteiger partial charge in [-0.25, -0.2) is 4.79 Å². The molecule has 0 aliphatic carbocycles. The molecule has 16 heavy (non-hydrogen) atoms. The van der Waals surface area contributed by atoms with Crippen molar-refractivity contribution in [3.8, 4) is 0 Å². The van der Waals surface area contributed by atoms with Crippen LogP contribution in [0.2, 0.25) is 0 Å². The van der Waals surface area contributed by atoms with Gasteiger partial charge in [0.05, 0.1) is 0 Å². The van der Waals surface area contributed by atoms with Gasteiger partial charge in [-0.2, -0.15) is 0 Å². The summed E-state index contributed by atoms with van der Waals surface area (Å²) in [6.45, 7) is 4.42. The summed E-state index contributed by atoms with van der Waals surface area (Å²) in [6.07, 6.45) is 4.45. The van der Waals surface area contributed by atoms with Crippen LogP contribution in [0.4, 0.5) is 0 Å². The average molecular weight is 226 g/mol. The van der Waals surface area contributed by atoms with Crippen molar-refractivity contribution in [3.05, 3.63) is 12.2 Å². The zero-order chi connectivity index (χ0) is 12.1. The summed E-state index contributed by atoms with van der Waals surface area (Å²) in [6, 6.07) is -0.791. The van der Waals surface area contributed by atoms with E-state index in [2.05, 4.69) is 4.90 Å². The zero-order valence-corrected chi connectivity index (χ0v) is 9.72. The first-order chi connectivity index (χ1) is 7.52. The van der Waals surface area contributed by atoms with Gasteiger partial charge in [-0.15, -0.1) is 0 Å². The Morgan fingerprint density at radius 3 is 2.56 bits per heavy atom. The van der Waals surface area contributed by atoms with E-state index in [-0.39, 0.29) is 5.91 Å². The first-order valence-corrected chi connectivity index (χ1v) is 5.41. The van der Waals surface area contributed by atoms with Crippen LogP contribution in [0, 0.1) is 0 Å². The lowest BCUT2D eigenvalue weighted by molar-refractivity contribution is -0.146. The Hall–Kier alpha value is -1.36. The molecule has 0 aromatic carbocycles. The first-order valence-electron chi connectivity index (χ1n) is 5.41. The fourth-order valence-electron chi connectivity index (χ4n) is 1.34. The third kappa shape index (κ3) is 3.34. The Balaban J connectivity index is 2.34. The quantitative estimate of drug-likeness (QED) is 0.679. The van der Waals surface area contributed by atoms with Crippen LogP contribution >= 0.6 is 0 Å². The minimum atomic E-state index is -0.994. The molecule has 0 radical (unpaired) electrons. The molecule has 1 aliphatic heterocycles. The van der Waals surface area contributed by atoms with Gasteiger partial charge < -0.3 is 10.0 Å². The Bertz CT molecular complexity index is 298. The van der Waals surface area contributed by atoms with E-state index < -0.39 is 12.0 Å². The summed E-state index contributed by atoms with van der Waals surface area (Å²) in [5, 5.41) is 8.74. The molecule has 0 bridgehead atoms. The molecule has 0 aromatic rings. The molecule has 1 N–H and O–H groups in total. The van der Waals surface area contributed by atoms with Crippen molar-refractivity contribution >= 4 is 11.9 Å². The molecular formula is C11H18N2O3. The van der Waals surface area contributed by atoms with E-state index in [0.717, 1.165) is 19.6 Å². The second kappa shape index (κ2) is 5.65. The molecule has 90 valence electrons. The number of carboxylic acid groups (broad SMARTS) is 1. The maximum absolute atomic E-state index is 11.5. The lowest BCUT2D eigenvalue weighted by atomic mass is 10.2. The highest BCUT2D eigenvalue weighted by Gasteiger charge is 2.19. The van der Waals surface area contributed by atoms with E-state index >= 15 is 0 Å². The van der Waals surface area contributed by atoms with E-state index in [9.17, 15) is 9.59 Å². The van der Waals surface area contributed by atoms with Crippen LogP contribution in [0.1, 0.15) is 13.3 Å². The third-order valence-corrected chi connectivity index (χ3v) is 2.86. The minimum Gasteiger partial charge on any atom is -0.480 e. The van der Waals surface area contributed by atoms with Gasteiger partial charge in [-0.1, -0.05) is 6.08 Å². The fraction of sp³-hybridized carbons (Fsp3) is 0.636. The van der Waals surface area contributed by atoms with Gasteiger partial charge in [0.25, 0.3) is 0 Å². The molecule has 0 spiro atoms. The Kier molecular flexibility index (Phi) is 4.49. The maximum Gasteiger partial charge on any atom is 0.326 e. The third-order valence-electron chi connectivity index (χ3n) is 2.86. The molecule has 0 aromatic heterocycles. The van der Waals surface area contributed by atoms with Gasteiger partial charge in [0.15, 0.2) is 0 Å². The van der Waals surface area contributed by atoms with Crippen molar-refractivity contribution in [1.82, 2.24) is 9.80 Å². The number of aliphatic carboxylic acids is 1. The number of carboxylic acids is 1. The highest BCUT2D eigenvalue weighted by molar-refractivity contribution is 5.90. The number of hydrogen-bond donors (Lipinski definition) is 1. The second-order valence-electron chi connectivity index (χ2n) is 4.02. The molecule has 1 amide bonds. The molecule has 1 saturated heterocycles. The molecular weight excluding hydrogens is 208 g/mol. The fourth-order valence-corrected chi connectivity index (χ4v) is 1.34. The van der Waals surface area contributed by atoms with E-state index in [1.54, 1.807) is 6.08 Å². The van der Waals surface area contributed by atoms with Crippen molar-refractivity contribution in [2.24, 2.45) is 0 Å². The Labute approximate surface area is 95.3 Å². The lowest BCUT2D eigenvalue weighted by Crippen LogP contribution is -2.40. The number of amides is 1. The molecule has 0 saturated carbocycles. The monoisotopic (exact) mass is 226 g/mol. The van der Waals surface area contributed by atoms with Gasteiger partial charge in [0.2, 0.25) is 5.91 Å². The molecule has 5 nitrogen and oxygen atoms in total. The second-order valence-corrected chi connectivity index (χ2v) is 4.02. The van der Waals surface area contributed by atoms with Crippen LogP contribution in [0.5, 0.6) is 0 Å². The molecule has 0 unspecified atom stereocenters. The summed E-state index contributed by atoms with van der Waals surface area (Å²) in [7, 11) is 1.50. The Morgan fingerprint density at radius 2 is 2.12 bits per heavy atom. The largest absolute Gasteiger partial charge is 0.480 e.